The van der Waals surface area contributed by atoms with Crippen LogP contribution in [0.15, 0.2) is 24.5 Å². The molecule has 0 bridgehead atoms. The number of hydrogen-bond acceptors (Lipinski definition) is 5. The van der Waals surface area contributed by atoms with Gasteiger partial charge in [-0.05, 0) is 36.8 Å². The second-order valence-corrected chi connectivity index (χ2v) is 7.74. The molecule has 3 rings (SSSR count). The maximum atomic E-state index is 12.0. The number of nitrogens with zero attached hydrogens (tertiary/aromatic N) is 3. The number of rotatable bonds is 6. The summed E-state index contributed by atoms with van der Waals surface area (Å²) in [5.74, 6) is 2.16. The minimum absolute atomic E-state index is 0.128. The quantitative estimate of drug-likeness (QED) is 0.836. The topological polar surface area (TPSA) is 101 Å². The molecule has 1 fully saturated rings. The molecule has 0 radical (unpaired) electrons. The van der Waals surface area contributed by atoms with E-state index in [-0.39, 0.29) is 18.2 Å². The Morgan fingerprint density at radius 3 is 2.73 bits per heavy atom. The Kier molecular flexibility index (Phi) is 4.21. The summed E-state index contributed by atoms with van der Waals surface area (Å²) in [7, 11) is -3.27. The SMILES string of the molecule is CC1CC(CS(=O)(=O)NCc2nc(-c3ccncc3)n[nH]2)C1. The summed E-state index contributed by atoms with van der Waals surface area (Å²) in [5, 5.41) is 6.84. The first-order chi connectivity index (χ1) is 10.5. The minimum atomic E-state index is -3.27. The van der Waals surface area contributed by atoms with Crippen molar-refractivity contribution in [2.45, 2.75) is 26.3 Å². The van der Waals surface area contributed by atoms with Crippen LogP contribution in [0.1, 0.15) is 25.6 Å². The number of nitrogens with one attached hydrogen (secondary N) is 2. The van der Waals surface area contributed by atoms with Crippen LogP contribution >= 0.6 is 0 Å². The van der Waals surface area contributed by atoms with Crippen molar-refractivity contribution in [2.75, 3.05) is 5.75 Å². The second kappa shape index (κ2) is 6.13. The van der Waals surface area contributed by atoms with Gasteiger partial charge in [-0.1, -0.05) is 6.92 Å². The van der Waals surface area contributed by atoms with Crippen LogP contribution in [0.5, 0.6) is 0 Å². The number of aromatic nitrogens is 4. The number of H-pyrrole nitrogens is 1. The fraction of sp³-hybridized carbons (Fsp3) is 0.500. The predicted octanol–water partition coefficient (Wildman–Crippen LogP) is 1.33. The van der Waals surface area contributed by atoms with Gasteiger partial charge in [-0.2, -0.15) is 5.10 Å². The summed E-state index contributed by atoms with van der Waals surface area (Å²) in [5.41, 5.74) is 0.837. The van der Waals surface area contributed by atoms with Gasteiger partial charge in [0.2, 0.25) is 10.0 Å². The van der Waals surface area contributed by atoms with E-state index in [0.717, 1.165) is 18.4 Å². The van der Waals surface area contributed by atoms with Gasteiger partial charge < -0.3 is 0 Å². The molecule has 2 aromatic rings. The molecule has 1 aliphatic carbocycles. The summed E-state index contributed by atoms with van der Waals surface area (Å²) in [6.45, 7) is 2.27. The van der Waals surface area contributed by atoms with E-state index in [1.807, 2.05) is 0 Å². The average molecular weight is 321 g/mol. The van der Waals surface area contributed by atoms with Crippen molar-refractivity contribution in [3.05, 3.63) is 30.4 Å². The molecule has 0 atom stereocenters. The van der Waals surface area contributed by atoms with Gasteiger partial charge in [-0.25, -0.2) is 18.1 Å². The second-order valence-electron chi connectivity index (χ2n) is 5.89. The third-order valence-electron chi connectivity index (χ3n) is 3.86. The van der Waals surface area contributed by atoms with E-state index in [9.17, 15) is 8.42 Å². The Bertz CT molecular complexity index is 723. The van der Waals surface area contributed by atoms with E-state index in [4.69, 9.17) is 0 Å². The number of sulfonamides is 1. The molecule has 0 unspecified atom stereocenters. The highest BCUT2D eigenvalue weighted by molar-refractivity contribution is 7.89. The first kappa shape index (κ1) is 15.1. The van der Waals surface area contributed by atoms with Crippen LogP contribution in [-0.4, -0.2) is 34.3 Å². The highest BCUT2D eigenvalue weighted by Gasteiger charge is 2.29. The molecule has 1 aliphatic rings. The van der Waals surface area contributed by atoms with E-state index in [0.29, 0.717) is 17.6 Å². The Hall–Kier alpha value is -1.80. The maximum Gasteiger partial charge on any atom is 0.212 e. The largest absolute Gasteiger partial charge is 0.265 e. The van der Waals surface area contributed by atoms with E-state index in [1.54, 1.807) is 24.5 Å². The predicted molar refractivity (Wildman–Crippen MR) is 82.1 cm³/mol. The van der Waals surface area contributed by atoms with Crippen molar-refractivity contribution in [2.24, 2.45) is 11.8 Å². The van der Waals surface area contributed by atoms with Crippen LogP contribution in [0.25, 0.3) is 11.4 Å². The van der Waals surface area contributed by atoms with E-state index >= 15 is 0 Å². The smallest absolute Gasteiger partial charge is 0.212 e. The van der Waals surface area contributed by atoms with Gasteiger partial charge in [0.05, 0.1) is 12.3 Å². The number of aromatic amines is 1. The van der Waals surface area contributed by atoms with Gasteiger partial charge in [-0.3, -0.25) is 10.1 Å². The van der Waals surface area contributed by atoms with Gasteiger partial charge in [-0.15, -0.1) is 0 Å². The maximum absolute atomic E-state index is 12.0. The lowest BCUT2D eigenvalue weighted by atomic mass is 9.77. The van der Waals surface area contributed by atoms with Crippen LogP contribution in [0.4, 0.5) is 0 Å². The molecular weight excluding hydrogens is 302 g/mol. The molecule has 2 heterocycles. The van der Waals surface area contributed by atoms with Gasteiger partial charge in [0.15, 0.2) is 5.82 Å². The van der Waals surface area contributed by atoms with Gasteiger partial charge >= 0.3 is 0 Å². The van der Waals surface area contributed by atoms with Gasteiger partial charge in [0.25, 0.3) is 0 Å². The van der Waals surface area contributed by atoms with Crippen molar-refractivity contribution >= 4 is 10.0 Å². The first-order valence-corrected chi connectivity index (χ1v) is 8.96. The third kappa shape index (κ3) is 3.69. The highest BCUT2D eigenvalue weighted by Crippen LogP contribution is 2.33. The van der Waals surface area contributed by atoms with E-state index < -0.39 is 10.0 Å². The standard InChI is InChI=1S/C14H19N5O2S/c1-10-6-11(7-10)9-22(20,21)16-8-13-17-14(19-18-13)12-2-4-15-5-3-12/h2-5,10-11,16H,6-9H2,1H3,(H,17,18,19). The number of pyridine rings is 1. The molecule has 22 heavy (non-hydrogen) atoms. The molecule has 1 saturated carbocycles. The van der Waals surface area contributed by atoms with Crippen molar-refractivity contribution in [1.82, 2.24) is 24.9 Å². The molecule has 0 amide bonds. The van der Waals surface area contributed by atoms with Gasteiger partial charge in [0.1, 0.15) is 5.82 Å². The highest BCUT2D eigenvalue weighted by atomic mass is 32.2. The summed E-state index contributed by atoms with van der Waals surface area (Å²) < 4.78 is 26.6. The molecule has 0 aliphatic heterocycles. The summed E-state index contributed by atoms with van der Waals surface area (Å²) >= 11 is 0. The summed E-state index contributed by atoms with van der Waals surface area (Å²) in [6.07, 6.45) is 5.31. The summed E-state index contributed by atoms with van der Waals surface area (Å²) in [4.78, 5) is 8.22. The molecule has 8 heteroatoms. The normalized spacial score (nSPS) is 21.5. The molecule has 0 saturated heterocycles. The zero-order valence-electron chi connectivity index (χ0n) is 12.4. The van der Waals surface area contributed by atoms with E-state index in [1.165, 1.54) is 0 Å². The first-order valence-electron chi connectivity index (χ1n) is 7.31. The Morgan fingerprint density at radius 1 is 1.32 bits per heavy atom. The van der Waals surface area contributed by atoms with Crippen LogP contribution in [0, 0.1) is 11.8 Å². The van der Waals surface area contributed by atoms with Crippen LogP contribution in [-0.2, 0) is 16.6 Å². The Morgan fingerprint density at radius 2 is 2.05 bits per heavy atom. The zero-order chi connectivity index (χ0) is 15.6. The molecule has 2 aromatic heterocycles. The summed E-state index contributed by atoms with van der Waals surface area (Å²) in [6, 6.07) is 3.60. The molecule has 2 N–H and O–H groups in total. The molecule has 7 nitrogen and oxygen atoms in total. The van der Waals surface area contributed by atoms with Gasteiger partial charge in [0, 0.05) is 18.0 Å². The lowest BCUT2D eigenvalue weighted by Crippen LogP contribution is -2.34. The third-order valence-corrected chi connectivity index (χ3v) is 5.35. The zero-order valence-corrected chi connectivity index (χ0v) is 13.2. The Balaban J connectivity index is 1.56. The fourth-order valence-electron chi connectivity index (χ4n) is 2.76. The fourth-order valence-corrected chi connectivity index (χ4v) is 4.12. The van der Waals surface area contributed by atoms with Crippen molar-refractivity contribution in [3.63, 3.8) is 0 Å². The lowest BCUT2D eigenvalue weighted by molar-refractivity contribution is 0.235. The Labute approximate surface area is 129 Å². The van der Waals surface area contributed by atoms with Crippen molar-refractivity contribution in [1.29, 1.82) is 0 Å². The average Bonchev–Trinajstić information content (AvgIpc) is 2.93. The molecule has 118 valence electrons. The molecular formula is C14H19N5O2S. The van der Waals surface area contributed by atoms with Crippen LogP contribution in [0.2, 0.25) is 0 Å². The van der Waals surface area contributed by atoms with Crippen molar-refractivity contribution in [3.8, 4) is 11.4 Å². The van der Waals surface area contributed by atoms with E-state index in [2.05, 4.69) is 31.8 Å². The van der Waals surface area contributed by atoms with Crippen molar-refractivity contribution < 1.29 is 8.42 Å². The lowest BCUT2D eigenvalue weighted by Gasteiger charge is -2.32. The minimum Gasteiger partial charge on any atom is -0.265 e. The van der Waals surface area contributed by atoms with Crippen LogP contribution in [0.3, 0.4) is 0 Å². The number of hydrogen-bond donors (Lipinski definition) is 2. The monoisotopic (exact) mass is 321 g/mol. The molecule has 0 aromatic carbocycles. The molecule has 0 spiro atoms. The van der Waals surface area contributed by atoms with Crippen LogP contribution < -0.4 is 4.72 Å².